The van der Waals surface area contributed by atoms with E-state index in [1.54, 1.807) is 26.2 Å². The molecule has 0 aliphatic carbocycles. The minimum Gasteiger partial charge on any atom is -0.326 e. The summed E-state index contributed by atoms with van der Waals surface area (Å²) in [6, 6.07) is 7.30. The number of rotatable bonds is 3. The molecule has 1 aliphatic rings. The summed E-state index contributed by atoms with van der Waals surface area (Å²) in [5.74, 6) is -0.259. The van der Waals surface area contributed by atoms with Crippen LogP contribution in [0.4, 0.5) is 5.69 Å². The summed E-state index contributed by atoms with van der Waals surface area (Å²) in [5.41, 5.74) is 0.714. The molecule has 1 heterocycles. The zero-order chi connectivity index (χ0) is 14.7. The van der Waals surface area contributed by atoms with E-state index in [4.69, 9.17) is 0 Å². The van der Waals surface area contributed by atoms with Gasteiger partial charge in [-0.15, -0.1) is 0 Å². The Bertz CT molecular complexity index is 559. The van der Waals surface area contributed by atoms with Crippen LogP contribution >= 0.6 is 27.7 Å². The van der Waals surface area contributed by atoms with Crippen LogP contribution in [0, 0.1) is 0 Å². The third kappa shape index (κ3) is 3.40. The number of hydrogen-bond donors (Lipinski definition) is 1. The van der Waals surface area contributed by atoms with E-state index in [-0.39, 0.29) is 18.2 Å². The molecule has 0 saturated carbocycles. The zero-order valence-electron chi connectivity index (χ0n) is 11.1. The lowest BCUT2D eigenvalue weighted by Crippen LogP contribution is -2.30. The first-order chi connectivity index (χ1) is 9.51. The molecule has 2 rings (SSSR count). The molecule has 1 atom stereocenters. The fourth-order valence-corrected chi connectivity index (χ4v) is 3.18. The van der Waals surface area contributed by atoms with Crippen molar-refractivity contribution >= 4 is 50.4 Å². The lowest BCUT2D eigenvalue weighted by Gasteiger charge is -2.09. The highest BCUT2D eigenvalue weighted by molar-refractivity contribution is 9.10. The van der Waals surface area contributed by atoms with Crippen molar-refractivity contribution in [2.75, 3.05) is 19.4 Å². The van der Waals surface area contributed by atoms with Crippen molar-refractivity contribution in [1.82, 2.24) is 4.90 Å². The summed E-state index contributed by atoms with van der Waals surface area (Å²) in [4.78, 5) is 29.4. The lowest BCUT2D eigenvalue weighted by molar-refractivity contribution is -0.127. The maximum Gasteiger partial charge on any atom is 0.242 e. The van der Waals surface area contributed by atoms with Crippen molar-refractivity contribution in [3.63, 3.8) is 0 Å². The molecule has 0 spiro atoms. The molecule has 106 valence electrons. The molecular formula is C13H14BrN3O2S. The fourth-order valence-electron chi connectivity index (χ4n) is 1.81. The predicted molar refractivity (Wildman–Crippen MR) is 84.9 cm³/mol. The van der Waals surface area contributed by atoms with Crippen LogP contribution < -0.4 is 5.32 Å². The van der Waals surface area contributed by atoms with E-state index in [1.165, 1.54) is 16.7 Å². The molecule has 20 heavy (non-hydrogen) atoms. The van der Waals surface area contributed by atoms with Gasteiger partial charge in [-0.25, -0.2) is 0 Å². The minimum absolute atomic E-state index is 0.0819. The Morgan fingerprint density at radius 3 is 2.65 bits per heavy atom. The fraction of sp³-hybridized carbons (Fsp3) is 0.308. The first kappa shape index (κ1) is 15.1. The van der Waals surface area contributed by atoms with Crippen LogP contribution in [-0.4, -0.2) is 41.2 Å². The molecule has 0 radical (unpaired) electrons. The van der Waals surface area contributed by atoms with Crippen molar-refractivity contribution in [2.24, 2.45) is 4.99 Å². The van der Waals surface area contributed by atoms with E-state index in [2.05, 4.69) is 26.2 Å². The van der Waals surface area contributed by atoms with Gasteiger partial charge in [0.05, 0.1) is 0 Å². The van der Waals surface area contributed by atoms with Crippen molar-refractivity contribution in [3.8, 4) is 0 Å². The summed E-state index contributed by atoms with van der Waals surface area (Å²) in [6.45, 7) is 0. The second-order valence-electron chi connectivity index (χ2n) is 4.27. The van der Waals surface area contributed by atoms with E-state index < -0.39 is 5.25 Å². The summed E-state index contributed by atoms with van der Waals surface area (Å²) < 4.78 is 0.947. The molecule has 1 saturated heterocycles. The van der Waals surface area contributed by atoms with E-state index in [9.17, 15) is 9.59 Å². The number of nitrogens with zero attached hydrogens (tertiary/aromatic N) is 2. The average Bonchev–Trinajstić information content (AvgIpc) is 2.69. The van der Waals surface area contributed by atoms with E-state index in [0.29, 0.717) is 10.9 Å². The maximum atomic E-state index is 12.0. The molecule has 0 aromatic heterocycles. The highest BCUT2D eigenvalue weighted by Gasteiger charge is 2.36. The van der Waals surface area contributed by atoms with Gasteiger partial charge in [-0.3, -0.25) is 19.5 Å². The number of anilines is 1. The van der Waals surface area contributed by atoms with Gasteiger partial charge in [0.1, 0.15) is 5.25 Å². The van der Waals surface area contributed by atoms with Gasteiger partial charge in [-0.2, -0.15) is 0 Å². The van der Waals surface area contributed by atoms with Gasteiger partial charge >= 0.3 is 0 Å². The SMILES string of the molecule is CN=C1S[C@H](CC(=O)Nc2ccc(Br)cc2)C(=O)N1C. The molecule has 0 bridgehead atoms. The smallest absolute Gasteiger partial charge is 0.242 e. The Morgan fingerprint density at radius 2 is 2.10 bits per heavy atom. The van der Waals surface area contributed by atoms with Crippen LogP contribution in [-0.2, 0) is 9.59 Å². The van der Waals surface area contributed by atoms with Gasteiger partial charge in [0.2, 0.25) is 11.8 Å². The van der Waals surface area contributed by atoms with Crippen molar-refractivity contribution in [3.05, 3.63) is 28.7 Å². The topological polar surface area (TPSA) is 61.8 Å². The third-order valence-electron chi connectivity index (χ3n) is 2.83. The second-order valence-corrected chi connectivity index (χ2v) is 6.35. The molecule has 1 aromatic carbocycles. The number of amides is 2. The minimum atomic E-state index is -0.394. The number of hydrogen-bond acceptors (Lipinski definition) is 4. The maximum absolute atomic E-state index is 12.0. The van der Waals surface area contributed by atoms with E-state index >= 15 is 0 Å². The standard InChI is InChI=1S/C13H14BrN3O2S/c1-15-13-17(2)12(19)10(20-13)7-11(18)16-9-5-3-8(14)4-6-9/h3-6,10H,7H2,1-2H3,(H,16,18)/t10-/m1/s1. The highest BCUT2D eigenvalue weighted by Crippen LogP contribution is 2.28. The van der Waals surface area contributed by atoms with Gasteiger partial charge in [0.15, 0.2) is 5.17 Å². The molecule has 0 unspecified atom stereocenters. The lowest BCUT2D eigenvalue weighted by atomic mass is 10.2. The highest BCUT2D eigenvalue weighted by atomic mass is 79.9. The van der Waals surface area contributed by atoms with Gasteiger partial charge in [0, 0.05) is 30.7 Å². The summed E-state index contributed by atoms with van der Waals surface area (Å²) in [6.07, 6.45) is 0.142. The van der Waals surface area contributed by atoms with Crippen molar-refractivity contribution in [1.29, 1.82) is 0 Å². The van der Waals surface area contributed by atoms with Gasteiger partial charge in [0.25, 0.3) is 0 Å². The monoisotopic (exact) mass is 355 g/mol. The number of thioether (sulfide) groups is 1. The number of carbonyl (C=O) groups excluding carboxylic acids is 2. The molecule has 1 aromatic rings. The first-order valence-corrected chi connectivity index (χ1v) is 7.65. The molecule has 7 heteroatoms. The number of nitrogens with one attached hydrogen (secondary N) is 1. The molecule has 5 nitrogen and oxygen atoms in total. The second kappa shape index (κ2) is 6.41. The van der Waals surface area contributed by atoms with Crippen LogP contribution in [0.15, 0.2) is 33.7 Å². The number of amidine groups is 1. The van der Waals surface area contributed by atoms with Gasteiger partial charge in [-0.05, 0) is 24.3 Å². The van der Waals surface area contributed by atoms with Gasteiger partial charge < -0.3 is 5.32 Å². The Hall–Kier alpha value is -1.34. The summed E-state index contributed by atoms with van der Waals surface area (Å²) in [5, 5.41) is 3.04. The van der Waals surface area contributed by atoms with Crippen LogP contribution in [0.25, 0.3) is 0 Å². The Morgan fingerprint density at radius 1 is 1.45 bits per heavy atom. The quantitative estimate of drug-likeness (QED) is 0.904. The van der Waals surface area contributed by atoms with Crippen molar-refractivity contribution in [2.45, 2.75) is 11.7 Å². The Kier molecular flexibility index (Phi) is 4.82. The normalized spacial score (nSPS) is 20.6. The number of carbonyl (C=O) groups is 2. The largest absolute Gasteiger partial charge is 0.326 e. The zero-order valence-corrected chi connectivity index (χ0v) is 13.5. The molecule has 1 fully saturated rings. The van der Waals surface area contributed by atoms with Crippen LogP contribution in [0.2, 0.25) is 0 Å². The molecular weight excluding hydrogens is 342 g/mol. The van der Waals surface area contributed by atoms with Crippen LogP contribution in [0.3, 0.4) is 0 Å². The number of aliphatic imine (C=N–C) groups is 1. The molecule has 1 N–H and O–H groups in total. The van der Waals surface area contributed by atoms with E-state index in [1.807, 2.05) is 12.1 Å². The Labute approximate surface area is 129 Å². The Balaban J connectivity index is 1.95. The van der Waals surface area contributed by atoms with Crippen molar-refractivity contribution < 1.29 is 9.59 Å². The van der Waals surface area contributed by atoms with E-state index in [0.717, 1.165) is 4.47 Å². The average molecular weight is 356 g/mol. The first-order valence-electron chi connectivity index (χ1n) is 5.97. The summed E-state index contributed by atoms with van der Waals surface area (Å²) in [7, 11) is 3.31. The third-order valence-corrected chi connectivity index (χ3v) is 4.68. The predicted octanol–water partition coefficient (Wildman–Crippen LogP) is 2.34. The number of benzene rings is 1. The van der Waals surface area contributed by atoms with Crippen LogP contribution in [0.1, 0.15) is 6.42 Å². The van der Waals surface area contributed by atoms with Crippen LogP contribution in [0.5, 0.6) is 0 Å². The molecule has 1 aliphatic heterocycles. The summed E-state index contributed by atoms with van der Waals surface area (Å²) >= 11 is 4.66. The van der Waals surface area contributed by atoms with Gasteiger partial charge in [-0.1, -0.05) is 27.7 Å². The number of halogens is 1. The molecule has 2 amide bonds.